The van der Waals surface area contributed by atoms with Gasteiger partial charge >= 0.3 is 0 Å². The maximum Gasteiger partial charge on any atom is 0.137 e. The lowest BCUT2D eigenvalue weighted by atomic mass is 9.86. The van der Waals surface area contributed by atoms with Gasteiger partial charge in [0.15, 0.2) is 0 Å². The predicted octanol–water partition coefficient (Wildman–Crippen LogP) is 10.7. The molecule has 0 unspecified atom stereocenters. The van der Waals surface area contributed by atoms with Crippen molar-refractivity contribution >= 4 is 21.8 Å². The molecule has 224 valence electrons. The third-order valence-electron chi connectivity index (χ3n) is 8.64. The van der Waals surface area contributed by atoms with Gasteiger partial charge in [0.25, 0.3) is 0 Å². The van der Waals surface area contributed by atoms with Gasteiger partial charge in [-0.15, -0.1) is 0 Å². The average molecular weight is 591 g/mol. The molecule has 0 aliphatic carbocycles. The van der Waals surface area contributed by atoms with Crippen molar-refractivity contribution in [2.75, 3.05) is 0 Å². The number of aromatic nitrogens is 4. The molecule has 0 fully saturated rings. The molecule has 0 N–H and O–H groups in total. The van der Waals surface area contributed by atoms with E-state index in [0.717, 1.165) is 45.0 Å². The van der Waals surface area contributed by atoms with Crippen LogP contribution < -0.4 is 4.74 Å². The predicted molar refractivity (Wildman–Crippen MR) is 185 cm³/mol. The van der Waals surface area contributed by atoms with E-state index in [1.807, 2.05) is 47.4 Å². The summed E-state index contributed by atoms with van der Waals surface area (Å²) in [7, 11) is 0. The molecule has 0 aliphatic heterocycles. The van der Waals surface area contributed by atoms with E-state index in [1.54, 1.807) is 0 Å². The van der Waals surface area contributed by atoms with Gasteiger partial charge in [-0.3, -0.25) is 4.57 Å². The maximum absolute atomic E-state index is 6.48. The molecule has 45 heavy (non-hydrogen) atoms. The third-order valence-corrected chi connectivity index (χ3v) is 8.64. The van der Waals surface area contributed by atoms with Crippen LogP contribution in [0, 0.1) is 13.8 Å². The zero-order chi connectivity index (χ0) is 31.2. The minimum absolute atomic E-state index is 0.412. The summed E-state index contributed by atoms with van der Waals surface area (Å²) in [5, 5.41) is 7.13. The first-order chi connectivity index (χ1) is 21.8. The van der Waals surface area contributed by atoms with Crippen molar-refractivity contribution in [1.29, 1.82) is 0 Å². The van der Waals surface area contributed by atoms with E-state index >= 15 is 0 Å². The van der Waals surface area contributed by atoms with Crippen molar-refractivity contribution < 1.29 is 4.74 Å². The summed E-state index contributed by atoms with van der Waals surface area (Å²) >= 11 is 0. The Morgan fingerprint density at radius 2 is 1.51 bits per heavy atom. The fourth-order valence-electron chi connectivity index (χ4n) is 6.35. The van der Waals surface area contributed by atoms with Crippen molar-refractivity contribution in [3.8, 4) is 34.1 Å². The highest BCUT2D eigenvalue weighted by Crippen LogP contribution is 2.37. The number of benzene rings is 4. The highest BCUT2D eigenvalue weighted by Gasteiger charge is 2.17. The lowest BCUT2D eigenvalue weighted by molar-refractivity contribution is 0.483. The Kier molecular flexibility index (Phi) is 7.25. The van der Waals surface area contributed by atoms with Crippen LogP contribution in [0.5, 0.6) is 11.5 Å². The van der Waals surface area contributed by atoms with Crippen molar-refractivity contribution in [2.45, 2.75) is 53.4 Å². The molecule has 0 aliphatic rings. The summed E-state index contributed by atoms with van der Waals surface area (Å²) in [5.41, 5.74) is 10.7. The number of nitrogens with zero attached hydrogens (tertiary/aromatic N) is 4. The van der Waals surface area contributed by atoms with Crippen molar-refractivity contribution in [3.05, 3.63) is 132 Å². The van der Waals surface area contributed by atoms with Crippen LogP contribution in [0.1, 0.15) is 61.8 Å². The fourth-order valence-corrected chi connectivity index (χ4v) is 6.35. The van der Waals surface area contributed by atoms with E-state index in [1.165, 1.54) is 33.2 Å². The highest BCUT2D eigenvalue weighted by atomic mass is 16.5. The van der Waals surface area contributed by atoms with Crippen LogP contribution >= 0.6 is 0 Å². The van der Waals surface area contributed by atoms with E-state index in [-0.39, 0.29) is 0 Å². The van der Waals surface area contributed by atoms with Gasteiger partial charge in [-0.2, -0.15) is 5.10 Å². The average Bonchev–Trinajstić information content (AvgIpc) is 3.64. The molecule has 5 nitrogen and oxygen atoms in total. The van der Waals surface area contributed by atoms with Gasteiger partial charge in [0, 0.05) is 40.9 Å². The molecule has 0 atom stereocenters. The minimum atomic E-state index is 0.412. The molecule has 5 heteroatoms. The van der Waals surface area contributed by atoms with Crippen LogP contribution in [-0.2, 0) is 0 Å². The summed E-state index contributed by atoms with van der Waals surface area (Å²) in [4.78, 5) is 4.71. The van der Waals surface area contributed by atoms with Gasteiger partial charge in [0.1, 0.15) is 17.3 Å². The number of aryl methyl sites for hydroxylation is 2. The first-order valence-electron chi connectivity index (χ1n) is 15.7. The van der Waals surface area contributed by atoms with E-state index in [0.29, 0.717) is 11.8 Å². The van der Waals surface area contributed by atoms with E-state index in [4.69, 9.17) is 14.8 Å². The van der Waals surface area contributed by atoms with E-state index < -0.39 is 0 Å². The van der Waals surface area contributed by atoms with Gasteiger partial charge in [0.05, 0.1) is 22.9 Å². The zero-order valence-corrected chi connectivity index (χ0v) is 26.7. The van der Waals surface area contributed by atoms with Gasteiger partial charge in [0.2, 0.25) is 0 Å². The fraction of sp³-hybridized carbons (Fsp3) is 0.200. The number of rotatable bonds is 7. The van der Waals surface area contributed by atoms with Crippen LogP contribution in [-0.4, -0.2) is 19.3 Å². The number of hydrogen-bond acceptors (Lipinski definition) is 3. The molecular formula is C40H38N4O. The molecule has 0 radical (unpaired) electrons. The normalized spacial score (nSPS) is 11.7. The van der Waals surface area contributed by atoms with Crippen LogP contribution in [0.4, 0.5) is 0 Å². The molecule has 0 amide bonds. The number of para-hydroxylation sites is 1. The Morgan fingerprint density at radius 1 is 0.711 bits per heavy atom. The molecule has 3 aromatic heterocycles. The molecular weight excluding hydrogens is 552 g/mol. The SMILES string of the molecule is Cc1ccnc(-n2c3ccccc3c3ccc(Oc4cccc(-n5cc(-c6c(C)cc(C(C)C)cc6C(C)C)cn5)c4)cc32)c1. The first-order valence-corrected chi connectivity index (χ1v) is 15.7. The Balaban J connectivity index is 1.24. The molecule has 0 saturated carbocycles. The quantitative estimate of drug-likeness (QED) is 0.185. The highest BCUT2D eigenvalue weighted by molar-refractivity contribution is 6.09. The third kappa shape index (κ3) is 5.29. The number of hydrogen-bond donors (Lipinski definition) is 0. The number of fused-ring (bicyclic) bond motifs is 3. The van der Waals surface area contributed by atoms with Crippen molar-refractivity contribution in [1.82, 2.24) is 19.3 Å². The van der Waals surface area contributed by atoms with E-state index in [9.17, 15) is 0 Å². The second kappa shape index (κ2) is 11.4. The van der Waals surface area contributed by atoms with Gasteiger partial charge in [-0.05, 0) is 96.0 Å². The topological polar surface area (TPSA) is 44.9 Å². The minimum Gasteiger partial charge on any atom is -0.457 e. The Morgan fingerprint density at radius 3 is 2.31 bits per heavy atom. The maximum atomic E-state index is 6.48. The molecule has 7 rings (SSSR count). The zero-order valence-electron chi connectivity index (χ0n) is 26.7. The Labute approximate surface area is 264 Å². The Bertz CT molecular complexity index is 2180. The van der Waals surface area contributed by atoms with Gasteiger partial charge < -0.3 is 4.74 Å². The number of ether oxygens (including phenoxy) is 1. The summed E-state index contributed by atoms with van der Waals surface area (Å²) in [6.07, 6.45) is 5.97. The molecule has 0 spiro atoms. The lowest BCUT2D eigenvalue weighted by Crippen LogP contribution is -1.99. The monoisotopic (exact) mass is 590 g/mol. The van der Waals surface area contributed by atoms with Crippen LogP contribution in [0.2, 0.25) is 0 Å². The second-order valence-electron chi connectivity index (χ2n) is 12.6. The second-order valence-corrected chi connectivity index (χ2v) is 12.6. The van der Waals surface area contributed by atoms with Gasteiger partial charge in [-0.1, -0.05) is 64.1 Å². The van der Waals surface area contributed by atoms with E-state index in [2.05, 4.69) is 113 Å². The molecule has 7 aromatic rings. The largest absolute Gasteiger partial charge is 0.457 e. The Hall–Kier alpha value is -5.16. The summed E-state index contributed by atoms with van der Waals surface area (Å²) in [5.74, 6) is 3.31. The van der Waals surface area contributed by atoms with Crippen molar-refractivity contribution in [3.63, 3.8) is 0 Å². The van der Waals surface area contributed by atoms with Gasteiger partial charge in [-0.25, -0.2) is 9.67 Å². The summed E-state index contributed by atoms with van der Waals surface area (Å²) in [6, 6.07) is 31.7. The van der Waals surface area contributed by atoms with Crippen LogP contribution in [0.3, 0.4) is 0 Å². The smallest absolute Gasteiger partial charge is 0.137 e. The molecule has 3 heterocycles. The molecule has 0 bridgehead atoms. The van der Waals surface area contributed by atoms with Crippen LogP contribution in [0.25, 0.3) is 44.4 Å². The van der Waals surface area contributed by atoms with Crippen LogP contribution in [0.15, 0.2) is 110 Å². The van der Waals surface area contributed by atoms with Crippen molar-refractivity contribution in [2.24, 2.45) is 0 Å². The molecule has 0 saturated heterocycles. The number of pyridine rings is 1. The lowest BCUT2D eigenvalue weighted by Gasteiger charge is -2.18. The first kappa shape index (κ1) is 28.6. The molecule has 4 aromatic carbocycles. The summed E-state index contributed by atoms with van der Waals surface area (Å²) in [6.45, 7) is 13.3. The standard InChI is InChI=1S/C40H38N4O/c1-25(2)29-19-28(6)40(36(20-29)26(3)4)30-23-42-43(24-30)31-10-9-11-32(21-31)45-33-14-15-35-34-12-7-8-13-37(34)44(38(35)22-33)39-18-27(5)16-17-41-39/h7-26H,1-6H3. The summed E-state index contributed by atoms with van der Waals surface area (Å²) < 4.78 is 10.6.